The van der Waals surface area contributed by atoms with Gasteiger partial charge >= 0.3 is 11.9 Å². The van der Waals surface area contributed by atoms with Crippen LogP contribution in [0.3, 0.4) is 0 Å². The minimum Gasteiger partial charge on any atom is -0.497 e. The predicted octanol–water partition coefficient (Wildman–Crippen LogP) is 12.0. The first-order valence-corrected chi connectivity index (χ1v) is 16.1. The number of carbonyl (C=O) groups excluding carboxylic acids is 2. The van der Waals surface area contributed by atoms with E-state index >= 15 is 0 Å². The number of ether oxygens (including phenoxy) is 3. The first kappa shape index (κ1) is 34.7. The summed E-state index contributed by atoms with van der Waals surface area (Å²) in [5, 5.41) is 25.9. The molecule has 0 amide bonds. The minimum atomic E-state index is -0.501. The molecule has 0 heterocycles. The van der Waals surface area contributed by atoms with E-state index in [0.29, 0.717) is 56.8 Å². The standard InChI is InChI=1S/C41H32N6O5/c1-27-25-34(50-3)21-23-36(27)41(49)52-39-12-8-7-11-38(39)47-45-33-19-15-31(16-20-33)43-42-30-13-17-32(18-14-30)44-46-37-24-22-35(26-28(37)2)51-40(48)29-9-5-4-6-10-29/h4-26H,1-3H3. The lowest BCUT2D eigenvalue weighted by molar-refractivity contribution is 0.0725. The summed E-state index contributed by atoms with van der Waals surface area (Å²) in [5.74, 6) is 0.455. The van der Waals surface area contributed by atoms with E-state index in [-0.39, 0.29) is 5.75 Å². The van der Waals surface area contributed by atoms with Crippen LogP contribution in [0.5, 0.6) is 17.2 Å². The fraction of sp³-hybridized carbons (Fsp3) is 0.0732. The van der Waals surface area contributed by atoms with E-state index in [2.05, 4.69) is 30.7 Å². The highest BCUT2D eigenvalue weighted by Crippen LogP contribution is 2.32. The second kappa shape index (κ2) is 16.5. The molecule has 0 saturated carbocycles. The van der Waals surface area contributed by atoms with Crippen LogP contribution in [-0.4, -0.2) is 19.0 Å². The molecule has 6 aromatic carbocycles. The highest BCUT2D eigenvalue weighted by Gasteiger charge is 2.15. The third kappa shape index (κ3) is 9.10. The van der Waals surface area contributed by atoms with Crippen molar-refractivity contribution < 1.29 is 23.8 Å². The number of aryl methyl sites for hydroxylation is 2. The molecule has 0 unspecified atom stereocenters. The molecule has 0 N–H and O–H groups in total. The van der Waals surface area contributed by atoms with E-state index in [1.807, 2.05) is 19.9 Å². The fourth-order valence-corrected chi connectivity index (χ4v) is 4.83. The Morgan fingerprint density at radius 3 is 1.56 bits per heavy atom. The first-order chi connectivity index (χ1) is 25.3. The molecule has 6 aromatic rings. The molecule has 256 valence electrons. The Morgan fingerprint density at radius 2 is 0.981 bits per heavy atom. The van der Waals surface area contributed by atoms with Crippen LogP contribution in [0.2, 0.25) is 0 Å². The summed E-state index contributed by atoms with van der Waals surface area (Å²) < 4.78 is 16.4. The molecule has 0 bridgehead atoms. The molecule has 11 nitrogen and oxygen atoms in total. The molecule has 0 radical (unpaired) electrons. The number of esters is 2. The Hall–Kier alpha value is -7.14. The fourth-order valence-electron chi connectivity index (χ4n) is 4.83. The molecule has 0 aliphatic rings. The van der Waals surface area contributed by atoms with Gasteiger partial charge in [0.1, 0.15) is 17.2 Å². The van der Waals surface area contributed by atoms with Crippen molar-refractivity contribution in [3.8, 4) is 17.2 Å². The first-order valence-electron chi connectivity index (χ1n) is 16.1. The van der Waals surface area contributed by atoms with E-state index < -0.39 is 11.9 Å². The van der Waals surface area contributed by atoms with Crippen molar-refractivity contribution in [1.82, 2.24) is 0 Å². The number of para-hydroxylation sites is 1. The second-order valence-electron chi connectivity index (χ2n) is 11.4. The van der Waals surface area contributed by atoms with Crippen LogP contribution < -0.4 is 14.2 Å². The Balaban J connectivity index is 1.03. The maximum Gasteiger partial charge on any atom is 0.343 e. The lowest BCUT2D eigenvalue weighted by atomic mass is 10.1. The molecule has 0 fully saturated rings. The van der Waals surface area contributed by atoms with Crippen LogP contribution in [0, 0.1) is 13.8 Å². The van der Waals surface area contributed by atoms with Crippen molar-refractivity contribution >= 4 is 46.1 Å². The summed E-state index contributed by atoms with van der Waals surface area (Å²) in [6.45, 7) is 3.69. The van der Waals surface area contributed by atoms with Crippen LogP contribution in [0.1, 0.15) is 31.8 Å². The highest BCUT2D eigenvalue weighted by atomic mass is 16.5. The van der Waals surface area contributed by atoms with Gasteiger partial charge in [0.15, 0.2) is 5.75 Å². The van der Waals surface area contributed by atoms with Gasteiger partial charge in [-0.3, -0.25) is 0 Å². The van der Waals surface area contributed by atoms with Crippen molar-refractivity contribution in [3.05, 3.63) is 162 Å². The van der Waals surface area contributed by atoms with Gasteiger partial charge in [-0.25, -0.2) is 9.59 Å². The molecular weight excluding hydrogens is 656 g/mol. The Labute approximate surface area is 300 Å². The minimum absolute atomic E-state index is 0.289. The average molecular weight is 689 g/mol. The van der Waals surface area contributed by atoms with Crippen molar-refractivity contribution in [2.24, 2.45) is 30.7 Å². The number of azo groups is 3. The maximum atomic E-state index is 12.9. The lowest BCUT2D eigenvalue weighted by Gasteiger charge is -2.09. The SMILES string of the molecule is COc1ccc(C(=O)Oc2ccccc2N=Nc2ccc(N=Nc3ccc(N=Nc4ccc(OC(=O)c5ccccc5)cc4C)cc3)cc2)c(C)c1. The molecule has 52 heavy (non-hydrogen) atoms. The van der Waals surface area contributed by atoms with Gasteiger partial charge < -0.3 is 14.2 Å². The van der Waals surface area contributed by atoms with E-state index in [1.165, 1.54) is 0 Å². The molecule has 0 spiro atoms. The Kier molecular flexibility index (Phi) is 11.0. The summed E-state index contributed by atoms with van der Waals surface area (Å²) in [6, 6.07) is 40.3. The summed E-state index contributed by atoms with van der Waals surface area (Å²) in [6.07, 6.45) is 0. The largest absolute Gasteiger partial charge is 0.497 e. The molecule has 0 aliphatic carbocycles. The smallest absolute Gasteiger partial charge is 0.343 e. The summed E-state index contributed by atoms with van der Waals surface area (Å²) >= 11 is 0. The lowest BCUT2D eigenvalue weighted by Crippen LogP contribution is -2.10. The van der Waals surface area contributed by atoms with Gasteiger partial charge in [0.05, 0.1) is 46.7 Å². The molecule has 0 aromatic heterocycles. The Bertz CT molecular complexity index is 2290. The van der Waals surface area contributed by atoms with Crippen LogP contribution in [-0.2, 0) is 0 Å². The van der Waals surface area contributed by atoms with E-state index in [0.717, 1.165) is 11.1 Å². The third-order valence-electron chi connectivity index (χ3n) is 7.64. The molecule has 0 saturated heterocycles. The number of methoxy groups -OCH3 is 1. The van der Waals surface area contributed by atoms with Crippen LogP contribution in [0.4, 0.5) is 34.1 Å². The Morgan fingerprint density at radius 1 is 0.462 bits per heavy atom. The van der Waals surface area contributed by atoms with Gasteiger partial charge in [0, 0.05) is 0 Å². The summed E-state index contributed by atoms with van der Waals surface area (Å²) in [4.78, 5) is 25.2. The van der Waals surface area contributed by atoms with Crippen molar-refractivity contribution in [2.75, 3.05) is 7.11 Å². The zero-order valence-corrected chi connectivity index (χ0v) is 28.5. The highest BCUT2D eigenvalue weighted by molar-refractivity contribution is 5.93. The number of nitrogens with zero attached hydrogens (tertiary/aromatic N) is 6. The van der Waals surface area contributed by atoms with Gasteiger partial charge in [-0.15, -0.1) is 5.11 Å². The number of carbonyl (C=O) groups is 2. The third-order valence-corrected chi connectivity index (χ3v) is 7.64. The molecule has 0 atom stereocenters. The number of hydrogen-bond acceptors (Lipinski definition) is 11. The monoisotopic (exact) mass is 688 g/mol. The van der Waals surface area contributed by atoms with Crippen LogP contribution >= 0.6 is 0 Å². The van der Waals surface area contributed by atoms with Crippen molar-refractivity contribution in [3.63, 3.8) is 0 Å². The van der Waals surface area contributed by atoms with E-state index in [9.17, 15) is 9.59 Å². The summed E-state index contributed by atoms with van der Waals surface area (Å²) in [7, 11) is 1.57. The second-order valence-corrected chi connectivity index (χ2v) is 11.4. The topological polar surface area (TPSA) is 136 Å². The maximum absolute atomic E-state index is 12.9. The predicted molar refractivity (Wildman–Crippen MR) is 197 cm³/mol. The van der Waals surface area contributed by atoms with E-state index in [4.69, 9.17) is 14.2 Å². The zero-order chi connectivity index (χ0) is 36.3. The normalized spacial score (nSPS) is 11.3. The average Bonchev–Trinajstić information content (AvgIpc) is 3.17. The van der Waals surface area contributed by atoms with Gasteiger partial charge in [0.25, 0.3) is 0 Å². The van der Waals surface area contributed by atoms with Gasteiger partial charge in [-0.2, -0.15) is 25.6 Å². The van der Waals surface area contributed by atoms with Crippen LogP contribution in [0.25, 0.3) is 0 Å². The van der Waals surface area contributed by atoms with Crippen molar-refractivity contribution in [2.45, 2.75) is 13.8 Å². The quantitative estimate of drug-likeness (QED) is 0.0758. The van der Waals surface area contributed by atoms with Gasteiger partial charge in [-0.1, -0.05) is 30.3 Å². The molecule has 0 aliphatic heterocycles. The number of hydrogen-bond donors (Lipinski definition) is 0. The van der Waals surface area contributed by atoms with Gasteiger partial charge in [0.2, 0.25) is 0 Å². The zero-order valence-electron chi connectivity index (χ0n) is 28.5. The number of rotatable bonds is 11. The van der Waals surface area contributed by atoms with Crippen LogP contribution in [0.15, 0.2) is 170 Å². The molecule has 11 heteroatoms. The molecular formula is C41H32N6O5. The van der Waals surface area contributed by atoms with Gasteiger partial charge in [-0.05, 0) is 134 Å². The van der Waals surface area contributed by atoms with Crippen molar-refractivity contribution in [1.29, 1.82) is 0 Å². The van der Waals surface area contributed by atoms with E-state index in [1.54, 1.807) is 141 Å². The molecule has 6 rings (SSSR count). The summed E-state index contributed by atoms with van der Waals surface area (Å²) in [5.41, 5.74) is 6.00. The number of benzene rings is 6.